The molecule has 0 fully saturated rings. The number of nitrogens with two attached hydrogens (primary N) is 1. The molecule has 0 aliphatic heterocycles. The molecule has 0 bridgehead atoms. The molecule has 0 aliphatic carbocycles. The molecule has 0 atom stereocenters. The van der Waals surface area contributed by atoms with Gasteiger partial charge in [0.2, 0.25) is 5.91 Å². The third-order valence-electron chi connectivity index (χ3n) is 5.43. The lowest BCUT2D eigenvalue weighted by Gasteiger charge is -2.26. The number of benzene rings is 2. The van der Waals surface area contributed by atoms with Crippen molar-refractivity contribution in [3.63, 3.8) is 0 Å². The second kappa shape index (κ2) is 11.2. The highest BCUT2D eigenvalue weighted by atomic mass is 16.2. The zero-order valence-corrected chi connectivity index (χ0v) is 19.1. The fourth-order valence-electron chi connectivity index (χ4n) is 3.57. The molecular formula is C25H31N5O3. The van der Waals surface area contributed by atoms with Crippen LogP contribution in [0.25, 0.3) is 0 Å². The Morgan fingerprint density at radius 2 is 1.76 bits per heavy atom. The van der Waals surface area contributed by atoms with Crippen LogP contribution >= 0.6 is 0 Å². The third kappa shape index (κ3) is 6.35. The van der Waals surface area contributed by atoms with Crippen molar-refractivity contribution < 1.29 is 4.79 Å². The molecule has 0 radical (unpaired) electrons. The zero-order chi connectivity index (χ0) is 23.8. The molecule has 0 saturated carbocycles. The van der Waals surface area contributed by atoms with Crippen LogP contribution < -0.4 is 27.2 Å². The first-order valence-electron chi connectivity index (χ1n) is 11.1. The monoisotopic (exact) mass is 449 g/mol. The van der Waals surface area contributed by atoms with Gasteiger partial charge in [-0.25, -0.2) is 4.79 Å². The van der Waals surface area contributed by atoms with E-state index in [0.717, 1.165) is 29.5 Å². The number of anilines is 2. The zero-order valence-electron chi connectivity index (χ0n) is 19.1. The third-order valence-corrected chi connectivity index (χ3v) is 5.43. The van der Waals surface area contributed by atoms with E-state index in [0.29, 0.717) is 13.1 Å². The van der Waals surface area contributed by atoms with Gasteiger partial charge < -0.3 is 16.0 Å². The lowest BCUT2D eigenvalue weighted by atomic mass is 10.1. The van der Waals surface area contributed by atoms with Crippen LogP contribution in [-0.4, -0.2) is 22.0 Å². The average molecular weight is 450 g/mol. The molecule has 174 valence electrons. The summed E-state index contributed by atoms with van der Waals surface area (Å²) in [5, 5.41) is 2.90. The van der Waals surface area contributed by atoms with Crippen LogP contribution in [0.3, 0.4) is 0 Å². The summed E-state index contributed by atoms with van der Waals surface area (Å²) in [6.45, 7) is 4.99. The SMILES string of the molecule is CCCCn1c(N)c(N(CC(=O)NCc2ccc(C)cc2)Cc2ccccc2)c(=O)[nH]c1=O. The number of hydrogen-bond acceptors (Lipinski definition) is 5. The number of H-pyrrole nitrogens is 1. The van der Waals surface area contributed by atoms with Gasteiger partial charge in [-0.15, -0.1) is 0 Å². The standard InChI is InChI=1S/C25H31N5O3/c1-3-4-14-30-23(26)22(24(32)28-25(30)33)29(16-20-8-6-5-7-9-20)17-21(31)27-15-19-12-10-18(2)11-13-19/h5-13H,3-4,14-17,26H2,1-2H3,(H,27,31)(H,28,32,33). The number of unbranched alkanes of at least 4 members (excludes halogenated alkanes) is 1. The van der Waals surface area contributed by atoms with E-state index in [2.05, 4.69) is 10.3 Å². The number of carbonyl (C=O) groups excluding carboxylic acids is 1. The van der Waals surface area contributed by atoms with E-state index in [4.69, 9.17) is 5.73 Å². The lowest BCUT2D eigenvalue weighted by molar-refractivity contribution is -0.119. The largest absolute Gasteiger partial charge is 0.383 e. The van der Waals surface area contributed by atoms with Gasteiger partial charge in [-0.1, -0.05) is 73.5 Å². The highest BCUT2D eigenvalue weighted by Gasteiger charge is 2.21. The Hall–Kier alpha value is -3.81. The second-order valence-corrected chi connectivity index (χ2v) is 8.10. The van der Waals surface area contributed by atoms with Gasteiger partial charge in [-0.3, -0.25) is 19.1 Å². The predicted molar refractivity (Wildman–Crippen MR) is 131 cm³/mol. The highest BCUT2D eigenvalue weighted by molar-refractivity contribution is 5.82. The Morgan fingerprint density at radius 3 is 2.42 bits per heavy atom. The summed E-state index contributed by atoms with van der Waals surface area (Å²) in [6, 6.07) is 17.4. The molecule has 2 aromatic carbocycles. The molecule has 8 heteroatoms. The maximum Gasteiger partial charge on any atom is 0.330 e. The summed E-state index contributed by atoms with van der Waals surface area (Å²) in [4.78, 5) is 41.9. The topological polar surface area (TPSA) is 113 Å². The van der Waals surface area contributed by atoms with Gasteiger partial charge in [0.1, 0.15) is 11.5 Å². The van der Waals surface area contributed by atoms with Crippen LogP contribution in [0.1, 0.15) is 36.5 Å². The minimum atomic E-state index is -0.604. The van der Waals surface area contributed by atoms with Crippen molar-refractivity contribution in [3.05, 3.63) is 92.1 Å². The number of aryl methyl sites for hydroxylation is 1. The summed E-state index contributed by atoms with van der Waals surface area (Å²) in [6.07, 6.45) is 1.61. The molecule has 3 rings (SSSR count). The van der Waals surface area contributed by atoms with Gasteiger partial charge in [-0.2, -0.15) is 0 Å². The smallest absolute Gasteiger partial charge is 0.330 e. The number of aromatic nitrogens is 2. The van der Waals surface area contributed by atoms with Gasteiger partial charge in [0.15, 0.2) is 0 Å². The van der Waals surface area contributed by atoms with Crippen molar-refractivity contribution in [2.75, 3.05) is 17.2 Å². The predicted octanol–water partition coefficient (Wildman–Crippen LogP) is 2.55. The van der Waals surface area contributed by atoms with E-state index >= 15 is 0 Å². The Bertz CT molecular complexity index is 1180. The van der Waals surface area contributed by atoms with Crippen LogP contribution in [0.5, 0.6) is 0 Å². The molecule has 0 unspecified atom stereocenters. The Balaban J connectivity index is 1.88. The highest BCUT2D eigenvalue weighted by Crippen LogP contribution is 2.19. The van der Waals surface area contributed by atoms with Crippen LogP contribution in [0.2, 0.25) is 0 Å². The number of nitrogens with zero attached hydrogens (tertiary/aromatic N) is 2. The van der Waals surface area contributed by atoms with Crippen molar-refractivity contribution in [2.45, 2.75) is 46.3 Å². The molecule has 33 heavy (non-hydrogen) atoms. The maximum atomic E-state index is 12.8. The number of carbonyl (C=O) groups is 1. The van der Waals surface area contributed by atoms with Crippen molar-refractivity contribution >= 4 is 17.4 Å². The number of hydrogen-bond donors (Lipinski definition) is 3. The Morgan fingerprint density at radius 1 is 1.06 bits per heavy atom. The lowest BCUT2D eigenvalue weighted by Crippen LogP contribution is -2.42. The van der Waals surface area contributed by atoms with Crippen LogP contribution in [-0.2, 0) is 24.4 Å². The summed E-state index contributed by atoms with van der Waals surface area (Å²) in [7, 11) is 0. The van der Waals surface area contributed by atoms with E-state index < -0.39 is 11.2 Å². The van der Waals surface area contributed by atoms with E-state index in [1.165, 1.54) is 4.57 Å². The number of aromatic amines is 1. The summed E-state index contributed by atoms with van der Waals surface area (Å²) in [5.41, 5.74) is 8.32. The molecule has 3 aromatic rings. The van der Waals surface area contributed by atoms with Gasteiger partial charge in [-0.05, 0) is 24.5 Å². The molecular weight excluding hydrogens is 418 g/mol. The Labute approximate surface area is 193 Å². The first-order chi connectivity index (χ1) is 15.9. The molecule has 0 spiro atoms. The number of rotatable bonds is 10. The maximum absolute atomic E-state index is 12.8. The normalized spacial score (nSPS) is 10.7. The van der Waals surface area contributed by atoms with E-state index in [1.807, 2.05) is 68.4 Å². The first kappa shape index (κ1) is 23.8. The molecule has 4 N–H and O–H groups in total. The minimum absolute atomic E-state index is 0.0689. The van der Waals surface area contributed by atoms with E-state index in [9.17, 15) is 14.4 Å². The number of nitrogens with one attached hydrogen (secondary N) is 2. The van der Waals surface area contributed by atoms with Crippen LogP contribution in [0.4, 0.5) is 11.5 Å². The summed E-state index contributed by atoms with van der Waals surface area (Å²) >= 11 is 0. The second-order valence-electron chi connectivity index (χ2n) is 8.10. The number of nitrogen functional groups attached to an aromatic ring is 1. The van der Waals surface area contributed by atoms with Crippen LogP contribution in [0, 0.1) is 6.92 Å². The minimum Gasteiger partial charge on any atom is -0.383 e. The number of amides is 1. The van der Waals surface area contributed by atoms with Gasteiger partial charge in [0, 0.05) is 19.6 Å². The van der Waals surface area contributed by atoms with Gasteiger partial charge >= 0.3 is 5.69 Å². The van der Waals surface area contributed by atoms with Gasteiger partial charge in [0.05, 0.1) is 6.54 Å². The van der Waals surface area contributed by atoms with Crippen molar-refractivity contribution in [1.29, 1.82) is 0 Å². The quantitative estimate of drug-likeness (QED) is 0.440. The molecule has 1 heterocycles. The molecule has 1 amide bonds. The van der Waals surface area contributed by atoms with Crippen LogP contribution in [0.15, 0.2) is 64.2 Å². The summed E-state index contributed by atoms with van der Waals surface area (Å²) < 4.78 is 1.36. The van der Waals surface area contributed by atoms with Crippen molar-refractivity contribution in [1.82, 2.24) is 14.9 Å². The first-order valence-corrected chi connectivity index (χ1v) is 11.1. The molecule has 0 aliphatic rings. The van der Waals surface area contributed by atoms with Gasteiger partial charge in [0.25, 0.3) is 5.56 Å². The van der Waals surface area contributed by atoms with E-state index in [-0.39, 0.29) is 30.5 Å². The van der Waals surface area contributed by atoms with Crippen molar-refractivity contribution in [3.8, 4) is 0 Å². The molecule has 8 nitrogen and oxygen atoms in total. The molecule has 0 saturated heterocycles. The fourth-order valence-corrected chi connectivity index (χ4v) is 3.57. The fraction of sp³-hybridized carbons (Fsp3) is 0.320. The Kier molecular flexibility index (Phi) is 8.07. The summed E-state index contributed by atoms with van der Waals surface area (Å²) in [5.74, 6) is -0.184. The van der Waals surface area contributed by atoms with Crippen molar-refractivity contribution in [2.24, 2.45) is 0 Å². The average Bonchev–Trinajstić information content (AvgIpc) is 2.79. The molecule has 1 aromatic heterocycles. The van der Waals surface area contributed by atoms with E-state index in [1.54, 1.807) is 4.90 Å².